The highest BCUT2D eigenvalue weighted by Gasteiger charge is 2.11. The summed E-state index contributed by atoms with van der Waals surface area (Å²) in [7, 11) is 3.09. The number of H-pyrrole nitrogens is 1. The van der Waals surface area contributed by atoms with Gasteiger partial charge in [-0.3, -0.25) is 9.89 Å². The lowest BCUT2D eigenvalue weighted by Gasteiger charge is -2.10. The molecule has 6 nitrogen and oxygen atoms in total. The van der Waals surface area contributed by atoms with Gasteiger partial charge >= 0.3 is 0 Å². The van der Waals surface area contributed by atoms with E-state index in [0.717, 1.165) is 17.0 Å². The molecule has 3 rings (SSSR count). The van der Waals surface area contributed by atoms with E-state index in [1.165, 1.54) is 7.11 Å². The summed E-state index contributed by atoms with van der Waals surface area (Å²) in [4.78, 5) is 12.4. The zero-order valence-corrected chi connectivity index (χ0v) is 14.3. The van der Waals surface area contributed by atoms with E-state index in [-0.39, 0.29) is 5.91 Å². The van der Waals surface area contributed by atoms with Gasteiger partial charge in [-0.15, -0.1) is 0 Å². The number of nitrogens with zero attached hydrogens (tertiary/aromatic N) is 1. The fourth-order valence-electron chi connectivity index (χ4n) is 2.47. The van der Waals surface area contributed by atoms with Crippen molar-refractivity contribution in [1.29, 1.82) is 0 Å². The first-order valence-corrected chi connectivity index (χ1v) is 7.76. The SMILES string of the molecule is COc1ccc(C(=O)Nc2ccc(-c3cc(C)[nH]n3)cc2)cc1OC. The van der Waals surface area contributed by atoms with E-state index in [2.05, 4.69) is 15.5 Å². The molecule has 3 aromatic rings. The Kier molecular flexibility index (Phi) is 4.70. The van der Waals surface area contributed by atoms with Gasteiger partial charge in [0.15, 0.2) is 11.5 Å². The molecule has 0 atom stereocenters. The number of carbonyl (C=O) groups is 1. The normalized spacial score (nSPS) is 10.4. The molecule has 6 heteroatoms. The molecule has 0 aliphatic carbocycles. The number of hydrogen-bond acceptors (Lipinski definition) is 4. The summed E-state index contributed by atoms with van der Waals surface area (Å²) in [6.45, 7) is 1.95. The van der Waals surface area contributed by atoms with Crippen LogP contribution in [0.3, 0.4) is 0 Å². The van der Waals surface area contributed by atoms with Crippen molar-refractivity contribution in [2.45, 2.75) is 6.92 Å². The van der Waals surface area contributed by atoms with Crippen molar-refractivity contribution in [3.05, 3.63) is 59.8 Å². The number of amides is 1. The van der Waals surface area contributed by atoms with Crippen molar-refractivity contribution in [3.8, 4) is 22.8 Å². The van der Waals surface area contributed by atoms with Gasteiger partial charge in [0.1, 0.15) is 0 Å². The minimum atomic E-state index is -0.218. The van der Waals surface area contributed by atoms with Gasteiger partial charge in [-0.2, -0.15) is 5.10 Å². The lowest BCUT2D eigenvalue weighted by molar-refractivity contribution is 0.102. The third-order valence-electron chi connectivity index (χ3n) is 3.79. The molecule has 25 heavy (non-hydrogen) atoms. The number of aromatic nitrogens is 2. The number of aromatic amines is 1. The van der Waals surface area contributed by atoms with Crippen molar-refractivity contribution >= 4 is 11.6 Å². The average Bonchev–Trinajstić information content (AvgIpc) is 3.08. The first kappa shape index (κ1) is 16.6. The van der Waals surface area contributed by atoms with Crippen molar-refractivity contribution in [3.63, 3.8) is 0 Å². The van der Waals surface area contributed by atoms with E-state index in [9.17, 15) is 4.79 Å². The number of benzene rings is 2. The van der Waals surface area contributed by atoms with Crippen molar-refractivity contribution < 1.29 is 14.3 Å². The molecule has 128 valence electrons. The van der Waals surface area contributed by atoms with E-state index in [0.29, 0.717) is 22.7 Å². The Morgan fingerprint density at radius 2 is 1.72 bits per heavy atom. The maximum atomic E-state index is 12.4. The van der Waals surface area contributed by atoms with Crippen LogP contribution >= 0.6 is 0 Å². The van der Waals surface area contributed by atoms with Crippen LogP contribution in [0.2, 0.25) is 0 Å². The van der Waals surface area contributed by atoms with Crippen LogP contribution in [0.25, 0.3) is 11.3 Å². The Morgan fingerprint density at radius 1 is 1.00 bits per heavy atom. The van der Waals surface area contributed by atoms with Crippen molar-refractivity contribution in [2.24, 2.45) is 0 Å². The van der Waals surface area contributed by atoms with Gasteiger partial charge in [-0.25, -0.2) is 0 Å². The molecule has 0 fully saturated rings. The quantitative estimate of drug-likeness (QED) is 0.745. The Balaban J connectivity index is 1.74. The molecule has 2 N–H and O–H groups in total. The highest BCUT2D eigenvalue weighted by molar-refractivity contribution is 6.04. The predicted octanol–water partition coefficient (Wildman–Crippen LogP) is 3.65. The van der Waals surface area contributed by atoms with Crippen LogP contribution in [0.5, 0.6) is 11.5 Å². The van der Waals surface area contributed by atoms with Crippen LogP contribution < -0.4 is 14.8 Å². The largest absolute Gasteiger partial charge is 0.493 e. The number of carbonyl (C=O) groups excluding carboxylic acids is 1. The van der Waals surface area contributed by atoms with Gasteiger partial charge < -0.3 is 14.8 Å². The topological polar surface area (TPSA) is 76.2 Å². The lowest BCUT2D eigenvalue weighted by Crippen LogP contribution is -2.12. The van der Waals surface area contributed by atoms with Gasteiger partial charge in [0.25, 0.3) is 5.91 Å². The molecule has 1 heterocycles. The second-order valence-electron chi connectivity index (χ2n) is 5.54. The molecule has 0 unspecified atom stereocenters. The van der Waals surface area contributed by atoms with Crippen molar-refractivity contribution in [1.82, 2.24) is 10.2 Å². The summed E-state index contributed by atoms with van der Waals surface area (Å²) < 4.78 is 10.4. The molecule has 1 amide bonds. The minimum absolute atomic E-state index is 0.218. The smallest absolute Gasteiger partial charge is 0.255 e. The third-order valence-corrected chi connectivity index (χ3v) is 3.79. The van der Waals surface area contributed by atoms with Crippen LogP contribution in [-0.4, -0.2) is 30.3 Å². The zero-order valence-electron chi connectivity index (χ0n) is 14.3. The number of ether oxygens (including phenoxy) is 2. The highest BCUT2D eigenvalue weighted by Crippen LogP contribution is 2.28. The van der Waals surface area contributed by atoms with E-state index >= 15 is 0 Å². The first-order chi connectivity index (χ1) is 12.1. The summed E-state index contributed by atoms with van der Waals surface area (Å²) in [5.74, 6) is 0.876. The van der Waals surface area contributed by atoms with Crippen LogP contribution in [0, 0.1) is 6.92 Å². The Labute approximate surface area is 145 Å². The predicted molar refractivity (Wildman–Crippen MR) is 96.3 cm³/mol. The highest BCUT2D eigenvalue weighted by atomic mass is 16.5. The van der Waals surface area contributed by atoms with Gasteiger partial charge in [0.05, 0.1) is 19.9 Å². The molecule has 0 spiro atoms. The molecule has 0 radical (unpaired) electrons. The number of anilines is 1. The van der Waals surface area contributed by atoms with Crippen LogP contribution in [-0.2, 0) is 0 Å². The van der Waals surface area contributed by atoms with Gasteiger partial charge in [-0.1, -0.05) is 12.1 Å². The second-order valence-corrected chi connectivity index (χ2v) is 5.54. The summed E-state index contributed by atoms with van der Waals surface area (Å²) in [5.41, 5.74) is 4.05. The molecule has 0 saturated heterocycles. The number of nitrogens with one attached hydrogen (secondary N) is 2. The maximum Gasteiger partial charge on any atom is 0.255 e. The van der Waals surface area contributed by atoms with Crippen LogP contribution in [0.1, 0.15) is 16.1 Å². The standard InChI is InChI=1S/C19H19N3O3/c1-12-10-16(22-21-12)13-4-7-15(8-5-13)20-19(23)14-6-9-17(24-2)18(11-14)25-3/h4-11H,1-3H3,(H,20,23)(H,21,22). The van der Waals surface area contributed by atoms with Gasteiger partial charge in [0, 0.05) is 22.5 Å². The number of aryl methyl sites for hydroxylation is 1. The second kappa shape index (κ2) is 7.09. The number of hydrogen-bond donors (Lipinski definition) is 2. The van der Waals surface area contributed by atoms with E-state index in [1.54, 1.807) is 25.3 Å². The molecule has 0 bridgehead atoms. The molecular formula is C19H19N3O3. The fraction of sp³-hybridized carbons (Fsp3) is 0.158. The molecule has 0 aliphatic heterocycles. The van der Waals surface area contributed by atoms with Crippen LogP contribution in [0.15, 0.2) is 48.5 Å². The molecule has 0 saturated carbocycles. The van der Waals surface area contributed by atoms with Gasteiger partial charge in [0.2, 0.25) is 0 Å². The number of rotatable bonds is 5. The zero-order chi connectivity index (χ0) is 17.8. The average molecular weight is 337 g/mol. The van der Waals surface area contributed by atoms with E-state index in [4.69, 9.17) is 9.47 Å². The van der Waals surface area contributed by atoms with E-state index < -0.39 is 0 Å². The minimum Gasteiger partial charge on any atom is -0.493 e. The summed E-state index contributed by atoms with van der Waals surface area (Å²) in [6.07, 6.45) is 0. The fourth-order valence-corrected chi connectivity index (χ4v) is 2.47. The molecule has 0 aliphatic rings. The molecule has 2 aromatic carbocycles. The first-order valence-electron chi connectivity index (χ1n) is 7.76. The summed E-state index contributed by atoms with van der Waals surface area (Å²) in [6, 6.07) is 14.5. The molecular weight excluding hydrogens is 318 g/mol. The van der Waals surface area contributed by atoms with Crippen LogP contribution in [0.4, 0.5) is 5.69 Å². The lowest BCUT2D eigenvalue weighted by atomic mass is 10.1. The Morgan fingerprint density at radius 3 is 2.32 bits per heavy atom. The Hall–Kier alpha value is -3.28. The molecule has 1 aromatic heterocycles. The Bertz CT molecular complexity index is 885. The van der Waals surface area contributed by atoms with E-state index in [1.807, 2.05) is 37.3 Å². The maximum absolute atomic E-state index is 12.4. The third kappa shape index (κ3) is 3.63. The van der Waals surface area contributed by atoms with Gasteiger partial charge in [-0.05, 0) is 43.3 Å². The monoisotopic (exact) mass is 337 g/mol. The van der Waals surface area contributed by atoms with Crippen molar-refractivity contribution in [2.75, 3.05) is 19.5 Å². The summed E-state index contributed by atoms with van der Waals surface area (Å²) >= 11 is 0. The summed E-state index contributed by atoms with van der Waals surface area (Å²) in [5, 5.41) is 10.0. The number of methoxy groups -OCH3 is 2.